The van der Waals surface area contributed by atoms with E-state index in [9.17, 15) is 4.79 Å². The number of H-pyrrole nitrogens is 2. The van der Waals surface area contributed by atoms with Gasteiger partial charge in [0.2, 0.25) is 5.91 Å². The summed E-state index contributed by atoms with van der Waals surface area (Å²) in [7, 11) is 0. The van der Waals surface area contributed by atoms with Gasteiger partial charge in [-0.3, -0.25) is 19.9 Å². The summed E-state index contributed by atoms with van der Waals surface area (Å²) in [6.07, 6.45) is 11.1. The van der Waals surface area contributed by atoms with Gasteiger partial charge in [0.1, 0.15) is 11.2 Å². The van der Waals surface area contributed by atoms with Crippen LogP contribution in [0.3, 0.4) is 0 Å². The van der Waals surface area contributed by atoms with Crippen molar-refractivity contribution >= 4 is 45.0 Å². The number of thiophene rings is 1. The molecule has 0 aliphatic rings. The zero-order chi connectivity index (χ0) is 24.5. The number of rotatable bonds is 7. The lowest BCUT2D eigenvalue weighted by molar-refractivity contribution is -0.116. The van der Waals surface area contributed by atoms with Crippen molar-refractivity contribution in [2.45, 2.75) is 26.2 Å². The van der Waals surface area contributed by atoms with Gasteiger partial charge in [0.05, 0.1) is 29.0 Å². The minimum Gasteiger partial charge on any atom is -0.335 e. The monoisotopic (exact) mass is 494 g/mol. The number of carbonyl (C=O) groups excluding carboxylic acids is 1. The topological polar surface area (TPSA) is 125 Å². The van der Waals surface area contributed by atoms with E-state index in [1.54, 1.807) is 36.1 Å². The van der Waals surface area contributed by atoms with E-state index in [1.165, 1.54) is 0 Å². The van der Waals surface area contributed by atoms with Gasteiger partial charge in [0, 0.05) is 46.6 Å². The van der Waals surface area contributed by atoms with Crippen LogP contribution in [0, 0.1) is 0 Å². The summed E-state index contributed by atoms with van der Waals surface area (Å²) in [6, 6.07) is 7.99. The van der Waals surface area contributed by atoms with Gasteiger partial charge in [-0.2, -0.15) is 5.10 Å². The fraction of sp³-hybridized carbons (Fsp3) is 0.154. The first-order valence-electron chi connectivity index (χ1n) is 11.7. The molecule has 9 nitrogen and oxygen atoms in total. The molecule has 36 heavy (non-hydrogen) atoms. The maximum Gasteiger partial charge on any atom is 0.224 e. The Morgan fingerprint density at radius 1 is 1.08 bits per heavy atom. The molecule has 0 radical (unpaired) electrons. The summed E-state index contributed by atoms with van der Waals surface area (Å²) >= 11 is 1.65. The quantitative estimate of drug-likeness (QED) is 0.257. The van der Waals surface area contributed by atoms with E-state index in [0.717, 1.165) is 56.5 Å². The maximum absolute atomic E-state index is 12.2. The van der Waals surface area contributed by atoms with Crippen LogP contribution in [-0.4, -0.2) is 41.0 Å². The first kappa shape index (κ1) is 22.1. The second-order valence-electron chi connectivity index (χ2n) is 8.45. The predicted molar refractivity (Wildman–Crippen MR) is 141 cm³/mol. The number of aromatic amines is 2. The van der Waals surface area contributed by atoms with E-state index in [-0.39, 0.29) is 5.91 Å². The molecule has 6 aromatic heterocycles. The van der Waals surface area contributed by atoms with Gasteiger partial charge in [0.15, 0.2) is 11.5 Å². The molecule has 0 unspecified atom stereocenters. The van der Waals surface area contributed by atoms with E-state index in [4.69, 9.17) is 4.98 Å². The molecule has 10 heteroatoms. The van der Waals surface area contributed by atoms with E-state index in [1.807, 2.05) is 29.8 Å². The average Bonchev–Trinajstić information content (AvgIpc) is 3.66. The van der Waals surface area contributed by atoms with Crippen LogP contribution in [0.4, 0.5) is 5.69 Å². The summed E-state index contributed by atoms with van der Waals surface area (Å²) in [4.78, 5) is 34.8. The Bertz CT molecular complexity index is 1690. The molecule has 6 rings (SSSR count). The maximum atomic E-state index is 12.2. The zero-order valence-electron chi connectivity index (χ0n) is 19.4. The lowest BCUT2D eigenvalue weighted by atomic mass is 10.1. The largest absolute Gasteiger partial charge is 0.335 e. The van der Waals surface area contributed by atoms with Crippen LogP contribution in [-0.2, 0) is 4.79 Å². The van der Waals surface area contributed by atoms with Crippen molar-refractivity contribution in [2.24, 2.45) is 0 Å². The normalized spacial score (nSPS) is 11.4. The molecule has 3 N–H and O–H groups in total. The Morgan fingerprint density at radius 3 is 2.83 bits per heavy atom. The number of fused-ring (bicyclic) bond motifs is 2. The first-order chi connectivity index (χ1) is 17.7. The minimum atomic E-state index is -0.0113. The summed E-state index contributed by atoms with van der Waals surface area (Å²) < 4.78 is 0. The van der Waals surface area contributed by atoms with Gasteiger partial charge < -0.3 is 10.3 Å². The predicted octanol–water partition coefficient (Wildman–Crippen LogP) is 5.82. The molecule has 0 fully saturated rings. The third-order valence-corrected chi connectivity index (χ3v) is 6.84. The van der Waals surface area contributed by atoms with Crippen molar-refractivity contribution in [3.8, 4) is 33.1 Å². The number of amides is 1. The third kappa shape index (κ3) is 4.11. The van der Waals surface area contributed by atoms with Gasteiger partial charge >= 0.3 is 0 Å². The van der Waals surface area contributed by atoms with Crippen molar-refractivity contribution in [1.82, 2.24) is 35.1 Å². The average molecular weight is 495 g/mol. The summed E-state index contributed by atoms with van der Waals surface area (Å²) in [5.41, 5.74) is 6.37. The molecule has 0 aliphatic heterocycles. The Balaban J connectivity index is 1.37. The fourth-order valence-electron chi connectivity index (χ4n) is 4.13. The molecule has 0 saturated heterocycles. The summed E-state index contributed by atoms with van der Waals surface area (Å²) in [6.45, 7) is 2.06. The molecule has 0 spiro atoms. The highest BCUT2D eigenvalue weighted by atomic mass is 32.1. The number of hydrogen-bond acceptors (Lipinski definition) is 7. The van der Waals surface area contributed by atoms with Gasteiger partial charge in [-0.15, -0.1) is 11.3 Å². The Kier molecular flexibility index (Phi) is 5.70. The lowest BCUT2D eigenvalue weighted by Crippen LogP contribution is -2.11. The van der Waals surface area contributed by atoms with E-state index in [2.05, 4.69) is 48.4 Å². The SMILES string of the molecule is CCCCC(=O)Nc1cncc(-c2cnc3n[nH]c(-c4nc5c(-c6cccs6)cncc5[nH]4)c3c2)c1. The first-order valence-corrected chi connectivity index (χ1v) is 12.5. The molecule has 0 aromatic carbocycles. The number of pyridine rings is 3. The van der Waals surface area contributed by atoms with Crippen LogP contribution >= 0.6 is 11.3 Å². The van der Waals surface area contributed by atoms with Gasteiger partial charge in [-0.1, -0.05) is 19.4 Å². The fourth-order valence-corrected chi connectivity index (χ4v) is 4.87. The number of imidazole rings is 1. The molecular weight excluding hydrogens is 472 g/mol. The van der Waals surface area contributed by atoms with Crippen LogP contribution in [0.2, 0.25) is 0 Å². The number of unbranched alkanes of at least 4 members (excludes halogenated alkanes) is 1. The molecule has 0 aliphatic carbocycles. The zero-order valence-corrected chi connectivity index (χ0v) is 20.3. The lowest BCUT2D eigenvalue weighted by Gasteiger charge is -2.07. The number of aromatic nitrogens is 7. The summed E-state index contributed by atoms with van der Waals surface area (Å²) in [5, 5.41) is 13.3. The highest BCUT2D eigenvalue weighted by Gasteiger charge is 2.17. The van der Waals surface area contributed by atoms with Crippen LogP contribution < -0.4 is 5.32 Å². The van der Waals surface area contributed by atoms with Gasteiger partial charge in [0.25, 0.3) is 0 Å². The van der Waals surface area contributed by atoms with Gasteiger partial charge in [-0.25, -0.2) is 9.97 Å². The van der Waals surface area contributed by atoms with Crippen LogP contribution in [0.25, 0.3) is 55.2 Å². The smallest absolute Gasteiger partial charge is 0.224 e. The van der Waals surface area contributed by atoms with E-state index >= 15 is 0 Å². The van der Waals surface area contributed by atoms with Crippen molar-refractivity contribution in [3.05, 3.63) is 60.6 Å². The Hall–Kier alpha value is -4.44. The molecule has 0 bridgehead atoms. The molecule has 178 valence electrons. The second-order valence-corrected chi connectivity index (χ2v) is 9.40. The second kappa shape index (κ2) is 9.31. The summed E-state index contributed by atoms with van der Waals surface area (Å²) in [5.74, 6) is 0.648. The minimum absolute atomic E-state index is 0.0113. The van der Waals surface area contributed by atoms with Crippen LogP contribution in [0.15, 0.2) is 60.6 Å². The van der Waals surface area contributed by atoms with Crippen LogP contribution in [0.5, 0.6) is 0 Å². The van der Waals surface area contributed by atoms with E-state index in [0.29, 0.717) is 23.6 Å². The number of nitrogens with zero attached hydrogens (tertiary/aromatic N) is 5. The standard InChI is InChI=1S/C26H22N8OS/c1-2-3-6-22(35)30-17-8-15(10-27-12-17)16-9-18-24(33-34-25(18)29-11-16)26-31-20-14-28-13-19(23(20)32-26)21-5-4-7-36-21/h4-5,7-14H,2-3,6H2,1H3,(H,30,35)(H,31,32)(H,29,33,34). The van der Waals surface area contributed by atoms with Gasteiger partial charge in [-0.05, 0) is 30.0 Å². The highest BCUT2D eigenvalue weighted by Crippen LogP contribution is 2.33. The van der Waals surface area contributed by atoms with Crippen molar-refractivity contribution in [1.29, 1.82) is 0 Å². The van der Waals surface area contributed by atoms with Crippen molar-refractivity contribution in [3.63, 3.8) is 0 Å². The van der Waals surface area contributed by atoms with E-state index < -0.39 is 0 Å². The van der Waals surface area contributed by atoms with Crippen molar-refractivity contribution < 1.29 is 4.79 Å². The number of hydrogen-bond donors (Lipinski definition) is 3. The third-order valence-electron chi connectivity index (χ3n) is 5.94. The number of carbonyl (C=O) groups is 1. The molecule has 1 amide bonds. The number of anilines is 1. The Morgan fingerprint density at radius 2 is 1.97 bits per heavy atom. The molecule has 6 heterocycles. The molecular formula is C26H22N8OS. The molecule has 0 atom stereocenters. The Labute approximate surface area is 210 Å². The highest BCUT2D eigenvalue weighted by molar-refractivity contribution is 7.13. The molecule has 6 aromatic rings. The van der Waals surface area contributed by atoms with Crippen molar-refractivity contribution in [2.75, 3.05) is 5.32 Å². The van der Waals surface area contributed by atoms with Crippen LogP contribution in [0.1, 0.15) is 26.2 Å². The number of nitrogens with one attached hydrogen (secondary N) is 3. The molecule has 0 saturated carbocycles.